The summed E-state index contributed by atoms with van der Waals surface area (Å²) in [6.07, 6.45) is 6.84. The SMILES string of the molecule is O=C(c1ccc(N2CCCCCC2)cn1)N1CCN(c2ccccc2F)CC1. The van der Waals surface area contributed by atoms with Gasteiger partial charge >= 0.3 is 0 Å². The van der Waals surface area contributed by atoms with E-state index < -0.39 is 0 Å². The molecular weight excluding hydrogens is 355 g/mol. The Bertz CT molecular complexity index is 794. The number of benzene rings is 1. The molecule has 4 rings (SSSR count). The first-order chi connectivity index (χ1) is 13.7. The van der Waals surface area contributed by atoms with Crippen LogP contribution in [0.25, 0.3) is 0 Å². The fraction of sp³-hybridized carbons (Fsp3) is 0.455. The van der Waals surface area contributed by atoms with E-state index in [1.165, 1.54) is 31.7 Å². The van der Waals surface area contributed by atoms with Gasteiger partial charge in [0.25, 0.3) is 5.91 Å². The summed E-state index contributed by atoms with van der Waals surface area (Å²) in [7, 11) is 0. The maximum Gasteiger partial charge on any atom is 0.272 e. The van der Waals surface area contributed by atoms with E-state index in [0.717, 1.165) is 18.8 Å². The first-order valence-corrected chi connectivity index (χ1v) is 10.2. The zero-order chi connectivity index (χ0) is 19.3. The number of halogens is 1. The molecule has 0 atom stereocenters. The van der Waals surface area contributed by atoms with Crippen molar-refractivity contribution in [1.82, 2.24) is 9.88 Å². The summed E-state index contributed by atoms with van der Waals surface area (Å²) in [5.74, 6) is -0.261. The highest BCUT2D eigenvalue weighted by molar-refractivity contribution is 5.92. The van der Waals surface area contributed by atoms with E-state index in [1.807, 2.05) is 34.2 Å². The number of pyridine rings is 1. The van der Waals surface area contributed by atoms with E-state index in [9.17, 15) is 9.18 Å². The highest BCUT2D eigenvalue weighted by atomic mass is 19.1. The van der Waals surface area contributed by atoms with Gasteiger partial charge in [-0.1, -0.05) is 25.0 Å². The van der Waals surface area contributed by atoms with Crippen molar-refractivity contribution in [1.29, 1.82) is 0 Å². The first kappa shape index (κ1) is 18.7. The highest BCUT2D eigenvalue weighted by Crippen LogP contribution is 2.22. The van der Waals surface area contributed by atoms with Crippen LogP contribution in [0.3, 0.4) is 0 Å². The van der Waals surface area contributed by atoms with Crippen LogP contribution in [-0.4, -0.2) is 55.1 Å². The van der Waals surface area contributed by atoms with Gasteiger partial charge in [0.15, 0.2) is 0 Å². The van der Waals surface area contributed by atoms with Crippen LogP contribution in [-0.2, 0) is 0 Å². The van der Waals surface area contributed by atoms with E-state index in [4.69, 9.17) is 0 Å². The molecule has 5 nitrogen and oxygen atoms in total. The van der Waals surface area contributed by atoms with E-state index in [0.29, 0.717) is 37.6 Å². The molecule has 0 N–H and O–H groups in total. The molecule has 6 heteroatoms. The fourth-order valence-corrected chi connectivity index (χ4v) is 4.05. The predicted molar refractivity (Wildman–Crippen MR) is 109 cm³/mol. The zero-order valence-electron chi connectivity index (χ0n) is 16.2. The molecule has 3 heterocycles. The van der Waals surface area contributed by atoms with Crippen molar-refractivity contribution in [2.75, 3.05) is 49.1 Å². The number of nitrogens with zero attached hydrogens (tertiary/aromatic N) is 4. The second-order valence-electron chi connectivity index (χ2n) is 7.53. The molecule has 2 fully saturated rings. The van der Waals surface area contributed by atoms with Crippen LogP contribution >= 0.6 is 0 Å². The lowest BCUT2D eigenvalue weighted by Crippen LogP contribution is -2.49. The molecule has 0 spiro atoms. The molecule has 2 saturated heterocycles. The summed E-state index contributed by atoms with van der Waals surface area (Å²) in [5.41, 5.74) is 2.19. The summed E-state index contributed by atoms with van der Waals surface area (Å²) in [4.78, 5) is 23.4. The largest absolute Gasteiger partial charge is 0.370 e. The van der Waals surface area contributed by atoms with Crippen LogP contribution in [0.2, 0.25) is 0 Å². The normalized spacial score (nSPS) is 18.1. The van der Waals surface area contributed by atoms with Crippen molar-refractivity contribution in [3.05, 3.63) is 54.1 Å². The van der Waals surface area contributed by atoms with Crippen molar-refractivity contribution >= 4 is 17.3 Å². The summed E-state index contributed by atoms with van der Waals surface area (Å²) >= 11 is 0. The molecule has 0 saturated carbocycles. The van der Waals surface area contributed by atoms with Crippen molar-refractivity contribution < 1.29 is 9.18 Å². The van der Waals surface area contributed by atoms with Gasteiger partial charge < -0.3 is 14.7 Å². The van der Waals surface area contributed by atoms with Gasteiger partial charge in [-0.05, 0) is 37.1 Å². The molecule has 0 radical (unpaired) electrons. The Kier molecular flexibility index (Phi) is 5.74. The third kappa shape index (κ3) is 4.11. The molecular formula is C22H27FN4O. The van der Waals surface area contributed by atoms with Crippen molar-refractivity contribution in [3.8, 4) is 0 Å². The number of carbonyl (C=O) groups is 1. The second kappa shape index (κ2) is 8.59. The third-order valence-corrected chi connectivity index (χ3v) is 5.70. The van der Waals surface area contributed by atoms with Crippen LogP contribution in [0.4, 0.5) is 15.8 Å². The van der Waals surface area contributed by atoms with Gasteiger partial charge in [0.05, 0.1) is 17.6 Å². The minimum absolute atomic E-state index is 0.0457. The summed E-state index contributed by atoms with van der Waals surface area (Å²) in [5, 5.41) is 0. The quantitative estimate of drug-likeness (QED) is 0.814. The Hall–Kier alpha value is -2.63. The number of para-hydroxylation sites is 1. The molecule has 0 unspecified atom stereocenters. The van der Waals surface area contributed by atoms with Gasteiger partial charge in [0, 0.05) is 39.3 Å². The van der Waals surface area contributed by atoms with Crippen LogP contribution < -0.4 is 9.80 Å². The average molecular weight is 382 g/mol. The number of hydrogen-bond acceptors (Lipinski definition) is 4. The Morgan fingerprint density at radius 3 is 2.18 bits per heavy atom. The highest BCUT2D eigenvalue weighted by Gasteiger charge is 2.24. The Morgan fingerprint density at radius 2 is 1.54 bits per heavy atom. The molecule has 2 aliphatic heterocycles. The molecule has 148 valence electrons. The minimum Gasteiger partial charge on any atom is -0.370 e. The molecule has 1 aromatic heterocycles. The number of carbonyl (C=O) groups excluding carboxylic acids is 1. The van der Waals surface area contributed by atoms with Crippen molar-refractivity contribution in [2.24, 2.45) is 0 Å². The molecule has 1 aromatic carbocycles. The molecule has 0 bridgehead atoms. The second-order valence-corrected chi connectivity index (χ2v) is 7.53. The van der Waals surface area contributed by atoms with Gasteiger partial charge in [0.2, 0.25) is 0 Å². The molecule has 2 aromatic rings. The number of piperazine rings is 1. The average Bonchev–Trinajstić information content (AvgIpc) is 3.04. The fourth-order valence-electron chi connectivity index (χ4n) is 4.05. The summed E-state index contributed by atoms with van der Waals surface area (Å²) in [6, 6.07) is 10.6. The molecule has 28 heavy (non-hydrogen) atoms. The number of hydrogen-bond donors (Lipinski definition) is 0. The Morgan fingerprint density at radius 1 is 0.821 bits per heavy atom. The Balaban J connectivity index is 1.37. The van der Waals surface area contributed by atoms with E-state index in [-0.39, 0.29) is 11.7 Å². The van der Waals surface area contributed by atoms with E-state index >= 15 is 0 Å². The third-order valence-electron chi connectivity index (χ3n) is 5.70. The molecule has 2 aliphatic rings. The number of amides is 1. The smallest absolute Gasteiger partial charge is 0.272 e. The van der Waals surface area contributed by atoms with E-state index in [2.05, 4.69) is 9.88 Å². The summed E-state index contributed by atoms with van der Waals surface area (Å²) in [6.45, 7) is 4.52. The van der Waals surface area contributed by atoms with Crippen LogP contribution in [0.15, 0.2) is 42.6 Å². The van der Waals surface area contributed by atoms with Crippen molar-refractivity contribution in [2.45, 2.75) is 25.7 Å². The number of aromatic nitrogens is 1. The molecule has 1 amide bonds. The van der Waals surface area contributed by atoms with Crippen LogP contribution in [0.1, 0.15) is 36.2 Å². The monoisotopic (exact) mass is 382 g/mol. The van der Waals surface area contributed by atoms with Crippen LogP contribution in [0.5, 0.6) is 0 Å². The summed E-state index contributed by atoms with van der Waals surface area (Å²) < 4.78 is 14.0. The van der Waals surface area contributed by atoms with E-state index in [1.54, 1.807) is 12.1 Å². The lowest BCUT2D eigenvalue weighted by molar-refractivity contribution is 0.0741. The van der Waals surface area contributed by atoms with Gasteiger partial charge in [-0.25, -0.2) is 9.37 Å². The van der Waals surface area contributed by atoms with Gasteiger partial charge in [-0.2, -0.15) is 0 Å². The van der Waals surface area contributed by atoms with Crippen LogP contribution in [0, 0.1) is 5.82 Å². The maximum atomic E-state index is 14.0. The minimum atomic E-state index is -0.215. The first-order valence-electron chi connectivity index (χ1n) is 10.2. The lowest BCUT2D eigenvalue weighted by atomic mass is 10.2. The number of anilines is 2. The zero-order valence-corrected chi connectivity index (χ0v) is 16.2. The van der Waals surface area contributed by atoms with Gasteiger partial charge in [0.1, 0.15) is 11.5 Å². The molecule has 0 aliphatic carbocycles. The Labute approximate surface area is 165 Å². The standard InChI is InChI=1S/C22H27FN4O/c23-19-7-3-4-8-21(19)26-13-15-27(16-14-26)22(28)20-10-9-18(17-24-20)25-11-5-1-2-6-12-25/h3-4,7-10,17H,1-2,5-6,11-16H2. The lowest BCUT2D eigenvalue weighted by Gasteiger charge is -2.36. The predicted octanol–water partition coefficient (Wildman–Crippen LogP) is 3.56. The topological polar surface area (TPSA) is 39.7 Å². The van der Waals surface area contributed by atoms with Gasteiger partial charge in [-0.3, -0.25) is 4.79 Å². The maximum absolute atomic E-state index is 14.0. The number of rotatable bonds is 3. The van der Waals surface area contributed by atoms with Crippen molar-refractivity contribution in [3.63, 3.8) is 0 Å². The van der Waals surface area contributed by atoms with Gasteiger partial charge in [-0.15, -0.1) is 0 Å².